The number of rotatable bonds is 13. The molecule has 0 spiro atoms. The zero-order valence-electron chi connectivity index (χ0n) is 30.8. The number of ether oxygens (including phenoxy) is 2. The summed E-state index contributed by atoms with van der Waals surface area (Å²) in [5.41, 5.74) is -1.65. The summed E-state index contributed by atoms with van der Waals surface area (Å²) in [6.45, 7) is 11.7. The van der Waals surface area contributed by atoms with Crippen molar-refractivity contribution in [1.82, 2.24) is 30.1 Å². The molecule has 18 heteroatoms. The van der Waals surface area contributed by atoms with Gasteiger partial charge in [0.25, 0.3) is 5.91 Å². The lowest BCUT2D eigenvalue weighted by atomic mass is 10.1. The first-order valence-electron chi connectivity index (χ1n) is 17.7. The van der Waals surface area contributed by atoms with E-state index in [4.69, 9.17) is 9.47 Å². The first-order valence-corrected chi connectivity index (χ1v) is 19.2. The molecular formula is C36H47FN6O10S. The van der Waals surface area contributed by atoms with Crippen LogP contribution in [0.1, 0.15) is 64.0 Å². The Labute approximate surface area is 313 Å². The fourth-order valence-corrected chi connectivity index (χ4v) is 7.98. The van der Waals surface area contributed by atoms with E-state index in [-0.39, 0.29) is 45.4 Å². The molecule has 2 aliphatic carbocycles. The van der Waals surface area contributed by atoms with Crippen molar-refractivity contribution < 1.29 is 51.0 Å². The molecule has 54 heavy (non-hydrogen) atoms. The van der Waals surface area contributed by atoms with Crippen LogP contribution < -0.4 is 15.4 Å². The highest BCUT2D eigenvalue weighted by Crippen LogP contribution is 2.45. The predicted molar refractivity (Wildman–Crippen MR) is 191 cm³/mol. The van der Waals surface area contributed by atoms with E-state index in [1.165, 1.54) is 35.1 Å². The number of fused-ring (bicyclic) bond motifs is 1. The van der Waals surface area contributed by atoms with Crippen LogP contribution in [0.4, 0.5) is 14.0 Å². The quantitative estimate of drug-likeness (QED) is 0.196. The SMILES string of the molecule is C=CC(=O)N(C)CC[C@H](NC(=O)OC(C)(C)C)C(=O)N1C[C@H](OC(=O)N2Cc3cccc(F)c3C2)C[C@H]1C(=O)N[C@]1(C(=O)NS(=O)(=O)C2CC2)C[C@H]1C=C. The molecule has 5 atom stereocenters. The Balaban J connectivity index is 1.39. The third-order valence-corrected chi connectivity index (χ3v) is 11.7. The standard InChI is InChI=1S/C36H47FN6O10S/c1-7-22-17-36(22,32(47)40-54(50,51)24-12-13-24)39-30(45)28-16-23(52-34(49)42-18-21-10-9-11-26(37)25(21)20-42)19-43(28)31(46)27(14-15-41(6)29(44)8-2)38-33(48)53-35(3,4)5/h7-11,22-24,27-28H,1-2,12-20H2,3-6H3,(H,38,48)(H,39,45)(H,40,47)/t22-,23-,27+,28+,36-/m1/s1. The molecule has 16 nitrogen and oxygen atoms in total. The molecule has 2 aliphatic heterocycles. The molecule has 4 aliphatic rings. The van der Waals surface area contributed by atoms with E-state index >= 15 is 0 Å². The van der Waals surface area contributed by atoms with Crippen molar-refractivity contribution in [3.05, 3.63) is 60.5 Å². The number of hydrogen-bond acceptors (Lipinski definition) is 10. The minimum absolute atomic E-state index is 0.0218. The zero-order chi connectivity index (χ0) is 39.7. The van der Waals surface area contributed by atoms with E-state index in [2.05, 4.69) is 28.5 Å². The topological polar surface area (TPSA) is 201 Å². The lowest BCUT2D eigenvalue weighted by Crippen LogP contribution is -2.58. The van der Waals surface area contributed by atoms with Gasteiger partial charge in [-0.15, -0.1) is 6.58 Å². The van der Waals surface area contributed by atoms with E-state index in [0.29, 0.717) is 24.0 Å². The van der Waals surface area contributed by atoms with E-state index in [9.17, 15) is 41.6 Å². The Morgan fingerprint density at radius 3 is 2.43 bits per heavy atom. The summed E-state index contributed by atoms with van der Waals surface area (Å²) >= 11 is 0. The Morgan fingerprint density at radius 2 is 1.83 bits per heavy atom. The van der Waals surface area contributed by atoms with Gasteiger partial charge in [-0.1, -0.05) is 24.8 Å². The number of nitrogens with one attached hydrogen (secondary N) is 3. The van der Waals surface area contributed by atoms with Crippen LogP contribution in [0.5, 0.6) is 0 Å². The summed E-state index contributed by atoms with van der Waals surface area (Å²) in [6, 6.07) is 1.80. The van der Waals surface area contributed by atoms with Crippen LogP contribution in [0.2, 0.25) is 0 Å². The highest BCUT2D eigenvalue weighted by molar-refractivity contribution is 7.91. The lowest BCUT2D eigenvalue weighted by Gasteiger charge is -2.31. The van der Waals surface area contributed by atoms with Gasteiger partial charge >= 0.3 is 12.2 Å². The van der Waals surface area contributed by atoms with Gasteiger partial charge < -0.3 is 29.9 Å². The minimum Gasteiger partial charge on any atom is -0.444 e. The molecule has 6 amide bonds. The highest BCUT2D eigenvalue weighted by Gasteiger charge is 2.62. The van der Waals surface area contributed by atoms with E-state index in [1.54, 1.807) is 26.8 Å². The van der Waals surface area contributed by atoms with Crippen LogP contribution in [0.15, 0.2) is 43.5 Å². The second-order valence-electron chi connectivity index (χ2n) is 15.1. The molecule has 3 N–H and O–H groups in total. The van der Waals surface area contributed by atoms with Crippen molar-refractivity contribution in [3.63, 3.8) is 0 Å². The maximum atomic E-state index is 14.4. The monoisotopic (exact) mass is 774 g/mol. The average molecular weight is 775 g/mol. The second-order valence-corrected chi connectivity index (χ2v) is 17.1. The molecule has 294 valence electrons. The van der Waals surface area contributed by atoms with Gasteiger partial charge in [-0.2, -0.15) is 0 Å². The maximum Gasteiger partial charge on any atom is 0.410 e. The number of alkyl carbamates (subject to hydrolysis) is 1. The van der Waals surface area contributed by atoms with Crippen LogP contribution in [0, 0.1) is 11.7 Å². The number of carbonyl (C=O) groups excluding carboxylic acids is 6. The van der Waals surface area contributed by atoms with Crippen molar-refractivity contribution in [3.8, 4) is 0 Å². The van der Waals surface area contributed by atoms with E-state index in [0.717, 1.165) is 11.0 Å². The van der Waals surface area contributed by atoms with Gasteiger partial charge in [0, 0.05) is 38.0 Å². The van der Waals surface area contributed by atoms with Gasteiger partial charge in [0.2, 0.25) is 27.7 Å². The van der Waals surface area contributed by atoms with E-state index < -0.39 is 92.2 Å². The fourth-order valence-electron chi connectivity index (χ4n) is 6.62. The van der Waals surface area contributed by atoms with Gasteiger partial charge in [-0.3, -0.25) is 28.8 Å². The molecule has 0 unspecified atom stereocenters. The second kappa shape index (κ2) is 15.4. The number of hydrogen-bond donors (Lipinski definition) is 3. The molecule has 1 saturated heterocycles. The number of sulfonamides is 1. The Morgan fingerprint density at radius 1 is 1.13 bits per heavy atom. The summed E-state index contributed by atoms with van der Waals surface area (Å²) in [4.78, 5) is 84.1. The van der Waals surface area contributed by atoms with Crippen molar-refractivity contribution in [1.29, 1.82) is 0 Å². The molecule has 1 aromatic carbocycles. The van der Waals surface area contributed by atoms with Crippen molar-refractivity contribution in [2.75, 3.05) is 20.1 Å². The molecule has 3 fully saturated rings. The van der Waals surface area contributed by atoms with Crippen LogP contribution >= 0.6 is 0 Å². The van der Waals surface area contributed by atoms with Crippen LogP contribution in [-0.4, -0.2) is 114 Å². The molecule has 1 aromatic rings. The molecule has 5 rings (SSSR count). The number of carbonyl (C=O) groups is 6. The van der Waals surface area contributed by atoms with Crippen LogP contribution in [0.3, 0.4) is 0 Å². The van der Waals surface area contributed by atoms with Crippen molar-refractivity contribution in [2.45, 2.75) is 101 Å². The number of amides is 6. The largest absolute Gasteiger partial charge is 0.444 e. The average Bonchev–Trinajstić information content (AvgIpc) is 3.99. The normalized spacial score (nSPS) is 23.7. The third kappa shape index (κ3) is 9.02. The predicted octanol–water partition coefficient (Wildman–Crippen LogP) is 1.84. The van der Waals surface area contributed by atoms with Gasteiger partial charge in [-0.25, -0.2) is 22.4 Å². The number of likely N-dealkylation sites (tertiary alicyclic amines) is 1. The van der Waals surface area contributed by atoms with Crippen molar-refractivity contribution >= 4 is 45.8 Å². The maximum absolute atomic E-state index is 14.4. The number of halogens is 1. The first-order chi connectivity index (χ1) is 25.3. The number of benzene rings is 1. The highest BCUT2D eigenvalue weighted by atomic mass is 32.2. The third-order valence-electron chi connectivity index (χ3n) is 9.84. The summed E-state index contributed by atoms with van der Waals surface area (Å²) in [5.74, 6) is -4.09. The molecular weight excluding hydrogens is 727 g/mol. The molecule has 2 heterocycles. The number of nitrogens with zero attached hydrogens (tertiary/aromatic N) is 3. The number of likely N-dealkylation sites (N-methyl/N-ethyl adjacent to an activating group) is 1. The molecule has 0 bridgehead atoms. The van der Waals surface area contributed by atoms with Crippen LogP contribution in [-0.2, 0) is 51.8 Å². The lowest BCUT2D eigenvalue weighted by molar-refractivity contribution is -0.141. The van der Waals surface area contributed by atoms with Gasteiger partial charge in [0.1, 0.15) is 35.1 Å². The Bertz CT molecular complexity index is 1850. The fraction of sp³-hybridized carbons (Fsp3) is 0.556. The Hall–Kier alpha value is -5.00. The summed E-state index contributed by atoms with van der Waals surface area (Å²) in [6.07, 6.45) is 0.189. The summed E-state index contributed by atoms with van der Waals surface area (Å²) in [7, 11) is -2.50. The smallest absolute Gasteiger partial charge is 0.410 e. The van der Waals surface area contributed by atoms with Crippen LogP contribution in [0.25, 0.3) is 0 Å². The molecule has 2 saturated carbocycles. The van der Waals surface area contributed by atoms with Gasteiger partial charge in [-0.05, 0) is 64.2 Å². The molecule has 0 radical (unpaired) electrons. The first kappa shape index (κ1) is 40.2. The summed E-state index contributed by atoms with van der Waals surface area (Å²) < 4.78 is 53.0. The van der Waals surface area contributed by atoms with Gasteiger partial charge in [0.05, 0.1) is 18.3 Å². The zero-order valence-corrected chi connectivity index (χ0v) is 31.6. The minimum atomic E-state index is -3.97. The van der Waals surface area contributed by atoms with E-state index in [1.807, 2.05) is 0 Å². The van der Waals surface area contributed by atoms with Gasteiger partial charge in [0.15, 0.2) is 0 Å². The Kier molecular flexibility index (Phi) is 11.5. The van der Waals surface area contributed by atoms with Crippen molar-refractivity contribution in [2.24, 2.45) is 5.92 Å². The summed E-state index contributed by atoms with van der Waals surface area (Å²) in [5, 5.41) is 4.48. The molecule has 0 aromatic heterocycles.